The lowest BCUT2D eigenvalue weighted by Crippen LogP contribution is -2.39. The molecule has 0 aromatic heterocycles. The van der Waals surface area contributed by atoms with E-state index in [4.69, 9.17) is 5.11 Å². The van der Waals surface area contributed by atoms with Gasteiger partial charge in [-0.25, -0.2) is 0 Å². The number of amides is 1. The van der Waals surface area contributed by atoms with Crippen LogP contribution >= 0.6 is 0 Å². The van der Waals surface area contributed by atoms with E-state index in [0.29, 0.717) is 13.0 Å². The van der Waals surface area contributed by atoms with Crippen molar-refractivity contribution in [3.8, 4) is 0 Å². The van der Waals surface area contributed by atoms with Crippen LogP contribution in [0.5, 0.6) is 0 Å². The fourth-order valence-corrected chi connectivity index (χ4v) is 1.14. The van der Waals surface area contributed by atoms with E-state index in [2.05, 4.69) is 10.2 Å². The highest BCUT2D eigenvalue weighted by Gasteiger charge is 2.26. The van der Waals surface area contributed by atoms with Crippen LogP contribution in [0.4, 0.5) is 0 Å². The Labute approximate surface area is 92.7 Å². The summed E-state index contributed by atoms with van der Waals surface area (Å²) in [6, 6.07) is 0. The Hall–Kier alpha value is -0.610. The molecule has 0 saturated heterocycles. The fourth-order valence-electron chi connectivity index (χ4n) is 1.14. The van der Waals surface area contributed by atoms with Gasteiger partial charge in [0, 0.05) is 18.6 Å². The molecule has 0 spiro atoms. The third-order valence-electron chi connectivity index (χ3n) is 2.42. The number of hydrogen-bond acceptors (Lipinski definition) is 3. The molecule has 0 unspecified atom stereocenters. The summed E-state index contributed by atoms with van der Waals surface area (Å²) in [6.07, 6.45) is 1.46. The normalized spacial score (nSPS) is 11.9. The van der Waals surface area contributed by atoms with Crippen molar-refractivity contribution in [2.24, 2.45) is 5.41 Å². The average molecular weight is 216 g/mol. The zero-order valence-electron chi connectivity index (χ0n) is 10.3. The minimum Gasteiger partial charge on any atom is -0.396 e. The van der Waals surface area contributed by atoms with E-state index < -0.39 is 0 Å². The van der Waals surface area contributed by atoms with Crippen molar-refractivity contribution in [2.45, 2.75) is 26.7 Å². The molecule has 0 aromatic carbocycles. The Balaban J connectivity index is 3.91. The molecule has 4 heteroatoms. The van der Waals surface area contributed by atoms with Crippen molar-refractivity contribution < 1.29 is 9.90 Å². The van der Waals surface area contributed by atoms with Gasteiger partial charge in [0.2, 0.25) is 5.91 Å². The Morgan fingerprint density at radius 1 is 1.40 bits per heavy atom. The van der Waals surface area contributed by atoms with Gasteiger partial charge in [0.05, 0.1) is 0 Å². The first kappa shape index (κ1) is 14.4. The maximum atomic E-state index is 11.7. The maximum absolute atomic E-state index is 11.7. The van der Waals surface area contributed by atoms with E-state index in [1.165, 1.54) is 0 Å². The van der Waals surface area contributed by atoms with Gasteiger partial charge in [-0.2, -0.15) is 0 Å². The van der Waals surface area contributed by atoms with Crippen molar-refractivity contribution in [1.82, 2.24) is 10.2 Å². The van der Waals surface area contributed by atoms with E-state index in [1.807, 2.05) is 27.9 Å². The number of hydrogen-bond donors (Lipinski definition) is 2. The molecule has 0 fully saturated rings. The molecule has 0 heterocycles. The van der Waals surface area contributed by atoms with Crippen molar-refractivity contribution in [2.75, 3.05) is 33.8 Å². The number of carbonyl (C=O) groups excluding carboxylic acids is 1. The zero-order chi connectivity index (χ0) is 11.9. The summed E-state index contributed by atoms with van der Waals surface area (Å²) in [4.78, 5) is 13.8. The monoisotopic (exact) mass is 216 g/mol. The molecule has 0 rings (SSSR count). The summed E-state index contributed by atoms with van der Waals surface area (Å²) in [5.74, 6) is 0.0674. The van der Waals surface area contributed by atoms with Gasteiger partial charge in [0.1, 0.15) is 0 Å². The van der Waals surface area contributed by atoms with E-state index >= 15 is 0 Å². The van der Waals surface area contributed by atoms with Crippen LogP contribution in [0.15, 0.2) is 0 Å². The minimum atomic E-state index is -0.334. The van der Waals surface area contributed by atoms with Crippen molar-refractivity contribution >= 4 is 5.91 Å². The van der Waals surface area contributed by atoms with E-state index in [9.17, 15) is 4.79 Å². The van der Waals surface area contributed by atoms with Crippen LogP contribution in [0.1, 0.15) is 26.7 Å². The van der Waals surface area contributed by atoms with Crippen LogP contribution in [0.2, 0.25) is 0 Å². The molecular formula is C11H24N2O2. The molecule has 0 aliphatic heterocycles. The molecule has 0 bridgehead atoms. The quantitative estimate of drug-likeness (QED) is 0.608. The number of carbonyl (C=O) groups is 1. The number of nitrogens with zero attached hydrogens (tertiary/aromatic N) is 1. The number of aliphatic hydroxyl groups excluding tert-OH is 1. The van der Waals surface area contributed by atoms with Gasteiger partial charge < -0.3 is 15.3 Å². The smallest absolute Gasteiger partial charge is 0.225 e. The summed E-state index contributed by atoms with van der Waals surface area (Å²) >= 11 is 0. The molecule has 4 nitrogen and oxygen atoms in total. The van der Waals surface area contributed by atoms with Gasteiger partial charge in [-0.1, -0.05) is 13.8 Å². The number of rotatable bonds is 7. The summed E-state index contributed by atoms with van der Waals surface area (Å²) < 4.78 is 0. The molecule has 0 aromatic rings. The van der Waals surface area contributed by atoms with Crippen LogP contribution in [0, 0.1) is 5.41 Å². The molecule has 0 radical (unpaired) electrons. The highest BCUT2D eigenvalue weighted by atomic mass is 16.3. The van der Waals surface area contributed by atoms with Gasteiger partial charge in [-0.15, -0.1) is 0 Å². The van der Waals surface area contributed by atoms with Crippen molar-refractivity contribution in [3.63, 3.8) is 0 Å². The van der Waals surface area contributed by atoms with Gasteiger partial charge >= 0.3 is 0 Å². The lowest BCUT2D eigenvalue weighted by Gasteiger charge is -2.25. The highest BCUT2D eigenvalue weighted by molar-refractivity contribution is 5.81. The molecule has 0 saturated carbocycles. The van der Waals surface area contributed by atoms with Crippen LogP contribution < -0.4 is 5.32 Å². The SMILES string of the molecule is CN(C)CCC(C)(C)C(=O)NCCCO. The van der Waals surface area contributed by atoms with Gasteiger partial charge in [-0.05, 0) is 33.5 Å². The minimum absolute atomic E-state index is 0.0674. The first-order valence-electron chi connectivity index (χ1n) is 5.44. The summed E-state index contributed by atoms with van der Waals surface area (Å²) in [6.45, 7) is 5.48. The Morgan fingerprint density at radius 2 is 2.00 bits per heavy atom. The van der Waals surface area contributed by atoms with Crippen molar-refractivity contribution in [3.05, 3.63) is 0 Å². The Kier molecular flexibility index (Phi) is 6.52. The highest BCUT2D eigenvalue weighted by Crippen LogP contribution is 2.20. The maximum Gasteiger partial charge on any atom is 0.225 e. The first-order valence-corrected chi connectivity index (χ1v) is 5.44. The molecule has 0 aliphatic rings. The van der Waals surface area contributed by atoms with E-state index in [1.54, 1.807) is 0 Å². The Morgan fingerprint density at radius 3 is 2.47 bits per heavy atom. The standard InChI is InChI=1S/C11H24N2O2/c1-11(2,6-8-13(3)4)10(15)12-7-5-9-14/h14H,5-9H2,1-4H3,(H,12,15). The second kappa shape index (κ2) is 6.80. The lowest BCUT2D eigenvalue weighted by molar-refractivity contribution is -0.129. The van der Waals surface area contributed by atoms with Gasteiger partial charge in [-0.3, -0.25) is 4.79 Å². The number of nitrogens with one attached hydrogen (secondary N) is 1. The van der Waals surface area contributed by atoms with Crippen LogP contribution in [0.3, 0.4) is 0 Å². The molecule has 90 valence electrons. The molecule has 2 N–H and O–H groups in total. The molecule has 0 atom stereocenters. The second-order valence-electron chi connectivity index (χ2n) is 4.77. The molecule has 0 aliphatic carbocycles. The van der Waals surface area contributed by atoms with Crippen LogP contribution in [0.25, 0.3) is 0 Å². The van der Waals surface area contributed by atoms with Gasteiger partial charge in [0.15, 0.2) is 0 Å². The lowest BCUT2D eigenvalue weighted by atomic mass is 9.88. The zero-order valence-corrected chi connectivity index (χ0v) is 10.3. The third-order valence-corrected chi connectivity index (χ3v) is 2.42. The average Bonchev–Trinajstić information content (AvgIpc) is 2.15. The van der Waals surface area contributed by atoms with Gasteiger partial charge in [0.25, 0.3) is 0 Å². The number of aliphatic hydroxyl groups is 1. The molecule has 1 amide bonds. The Bertz CT molecular complexity index is 191. The summed E-state index contributed by atoms with van der Waals surface area (Å²) in [5.41, 5.74) is -0.334. The first-order chi connectivity index (χ1) is 6.90. The predicted molar refractivity (Wildman–Crippen MR) is 61.7 cm³/mol. The largest absolute Gasteiger partial charge is 0.396 e. The van der Waals surface area contributed by atoms with E-state index in [-0.39, 0.29) is 17.9 Å². The van der Waals surface area contributed by atoms with Crippen molar-refractivity contribution in [1.29, 1.82) is 0 Å². The summed E-state index contributed by atoms with van der Waals surface area (Å²) in [5, 5.41) is 11.4. The molecule has 15 heavy (non-hydrogen) atoms. The molecular weight excluding hydrogens is 192 g/mol. The predicted octanol–water partition coefficient (Wildman–Crippen LogP) is 0.463. The van der Waals surface area contributed by atoms with Crippen LogP contribution in [-0.2, 0) is 4.79 Å². The second-order valence-corrected chi connectivity index (χ2v) is 4.77. The third kappa shape index (κ3) is 6.47. The summed E-state index contributed by atoms with van der Waals surface area (Å²) in [7, 11) is 4.00. The van der Waals surface area contributed by atoms with E-state index in [0.717, 1.165) is 13.0 Å². The fraction of sp³-hybridized carbons (Fsp3) is 0.909. The topological polar surface area (TPSA) is 52.6 Å². The van der Waals surface area contributed by atoms with Crippen LogP contribution in [-0.4, -0.2) is 49.7 Å².